The van der Waals surface area contributed by atoms with Crippen LogP contribution in [0, 0.1) is 6.92 Å². The Morgan fingerprint density at radius 1 is 1.15 bits per heavy atom. The van der Waals surface area contributed by atoms with Crippen LogP contribution < -0.4 is 0 Å². The Morgan fingerprint density at radius 3 is 2.65 bits per heavy atom. The number of pyridine rings is 1. The number of benzene rings is 1. The standard InChI is InChI=1S/C15H11Cl3N2/c1-9-4-5-20-13(8-16)15(19-14(20)6-9)11-3-2-10(17)7-12(11)18/h2-7H,8H2,1H3. The van der Waals surface area contributed by atoms with Gasteiger partial charge >= 0.3 is 0 Å². The van der Waals surface area contributed by atoms with Gasteiger partial charge in [0.15, 0.2) is 0 Å². The van der Waals surface area contributed by atoms with Crippen molar-refractivity contribution in [1.29, 1.82) is 0 Å². The SMILES string of the molecule is Cc1ccn2c(CCl)c(-c3ccc(Cl)cc3Cl)nc2c1. The second-order valence-corrected chi connectivity index (χ2v) is 5.71. The van der Waals surface area contributed by atoms with E-state index in [2.05, 4.69) is 4.98 Å². The first-order valence-electron chi connectivity index (χ1n) is 6.09. The Hall–Kier alpha value is -1.22. The number of halogens is 3. The molecule has 0 saturated carbocycles. The lowest BCUT2D eigenvalue weighted by Gasteiger charge is -2.04. The van der Waals surface area contributed by atoms with Crippen molar-refractivity contribution in [3.05, 3.63) is 57.8 Å². The quantitative estimate of drug-likeness (QED) is 0.580. The number of rotatable bonds is 2. The third-order valence-corrected chi connectivity index (χ3v) is 3.99. The Balaban J connectivity index is 2.30. The van der Waals surface area contributed by atoms with Gasteiger partial charge in [0, 0.05) is 16.8 Å². The van der Waals surface area contributed by atoms with Gasteiger partial charge in [-0.1, -0.05) is 23.2 Å². The van der Waals surface area contributed by atoms with Gasteiger partial charge in [-0.25, -0.2) is 4.98 Å². The fourth-order valence-corrected chi connectivity index (χ4v) is 2.98. The molecule has 2 heterocycles. The third kappa shape index (κ3) is 2.28. The summed E-state index contributed by atoms with van der Waals surface area (Å²) in [6, 6.07) is 9.43. The Kier molecular flexibility index (Phi) is 3.63. The predicted octanol–water partition coefficient (Wildman–Crippen LogP) is 5.36. The summed E-state index contributed by atoms with van der Waals surface area (Å²) < 4.78 is 1.99. The first-order chi connectivity index (χ1) is 9.60. The van der Waals surface area contributed by atoms with Gasteiger partial charge in [0.05, 0.1) is 22.3 Å². The van der Waals surface area contributed by atoms with Crippen LogP contribution in [0.3, 0.4) is 0 Å². The van der Waals surface area contributed by atoms with Crippen molar-refractivity contribution in [2.24, 2.45) is 0 Å². The maximum absolute atomic E-state index is 6.28. The van der Waals surface area contributed by atoms with Crippen molar-refractivity contribution in [3.8, 4) is 11.3 Å². The van der Waals surface area contributed by atoms with Gasteiger partial charge in [-0.15, -0.1) is 11.6 Å². The highest BCUT2D eigenvalue weighted by Gasteiger charge is 2.15. The van der Waals surface area contributed by atoms with E-state index in [1.165, 1.54) is 0 Å². The van der Waals surface area contributed by atoms with Crippen molar-refractivity contribution in [3.63, 3.8) is 0 Å². The molecule has 5 heteroatoms. The van der Waals surface area contributed by atoms with E-state index in [1.54, 1.807) is 12.1 Å². The van der Waals surface area contributed by atoms with Crippen molar-refractivity contribution in [1.82, 2.24) is 9.38 Å². The lowest BCUT2D eigenvalue weighted by molar-refractivity contribution is 1.08. The molecule has 3 aromatic rings. The number of fused-ring (bicyclic) bond motifs is 1. The molecule has 2 aromatic heterocycles. The summed E-state index contributed by atoms with van der Waals surface area (Å²) in [5.74, 6) is 0.360. The smallest absolute Gasteiger partial charge is 0.137 e. The van der Waals surface area contributed by atoms with Gasteiger partial charge in [-0.05, 0) is 42.8 Å². The highest BCUT2D eigenvalue weighted by atomic mass is 35.5. The van der Waals surface area contributed by atoms with Gasteiger partial charge in [-0.3, -0.25) is 0 Å². The van der Waals surface area contributed by atoms with Gasteiger partial charge in [0.25, 0.3) is 0 Å². The van der Waals surface area contributed by atoms with Gasteiger partial charge in [0.1, 0.15) is 5.65 Å². The van der Waals surface area contributed by atoms with E-state index in [0.29, 0.717) is 15.9 Å². The maximum Gasteiger partial charge on any atom is 0.137 e. The fourth-order valence-electron chi connectivity index (χ4n) is 2.22. The number of nitrogens with zero attached hydrogens (tertiary/aromatic N) is 2. The highest BCUT2D eigenvalue weighted by molar-refractivity contribution is 6.36. The maximum atomic E-state index is 6.28. The second-order valence-electron chi connectivity index (χ2n) is 4.60. The minimum Gasteiger partial charge on any atom is -0.302 e. The molecule has 0 saturated heterocycles. The molecule has 0 bridgehead atoms. The van der Waals surface area contributed by atoms with Crippen LogP contribution in [0.25, 0.3) is 16.9 Å². The Morgan fingerprint density at radius 2 is 1.95 bits per heavy atom. The Labute approximate surface area is 131 Å². The molecular formula is C15H11Cl3N2. The first-order valence-corrected chi connectivity index (χ1v) is 7.38. The Bertz CT molecular complexity index is 793. The van der Waals surface area contributed by atoms with Crippen LogP contribution in [0.15, 0.2) is 36.5 Å². The zero-order chi connectivity index (χ0) is 14.3. The van der Waals surface area contributed by atoms with E-state index in [1.807, 2.05) is 35.7 Å². The molecular weight excluding hydrogens is 315 g/mol. The van der Waals surface area contributed by atoms with Crippen molar-refractivity contribution >= 4 is 40.4 Å². The normalized spacial score (nSPS) is 11.2. The largest absolute Gasteiger partial charge is 0.302 e. The molecule has 20 heavy (non-hydrogen) atoms. The molecule has 0 fully saturated rings. The number of hydrogen-bond acceptors (Lipinski definition) is 1. The predicted molar refractivity (Wildman–Crippen MR) is 84.9 cm³/mol. The summed E-state index contributed by atoms with van der Waals surface area (Å²) in [6.07, 6.45) is 1.97. The average Bonchev–Trinajstić information content (AvgIpc) is 2.75. The third-order valence-electron chi connectivity index (χ3n) is 3.19. The summed E-state index contributed by atoms with van der Waals surface area (Å²) in [5, 5.41) is 1.18. The molecule has 0 aliphatic heterocycles. The van der Waals surface area contributed by atoms with Crippen LogP contribution in [0.5, 0.6) is 0 Å². The second kappa shape index (κ2) is 5.28. The molecule has 0 aliphatic rings. The zero-order valence-corrected chi connectivity index (χ0v) is 13.0. The molecule has 0 aliphatic carbocycles. The van der Waals surface area contributed by atoms with Crippen LogP contribution in [0.1, 0.15) is 11.3 Å². The van der Waals surface area contributed by atoms with Crippen LogP contribution in [-0.2, 0) is 5.88 Å². The van der Waals surface area contributed by atoms with E-state index in [4.69, 9.17) is 34.8 Å². The molecule has 3 rings (SSSR count). The lowest BCUT2D eigenvalue weighted by Crippen LogP contribution is -1.91. The molecule has 0 spiro atoms. The van der Waals surface area contributed by atoms with Gasteiger partial charge in [-0.2, -0.15) is 0 Å². The van der Waals surface area contributed by atoms with Crippen LogP contribution >= 0.6 is 34.8 Å². The number of aryl methyl sites for hydroxylation is 1. The molecule has 0 N–H and O–H groups in total. The first kappa shape index (κ1) is 13.7. The summed E-state index contributed by atoms with van der Waals surface area (Å²) in [7, 11) is 0. The van der Waals surface area contributed by atoms with Crippen LogP contribution in [-0.4, -0.2) is 9.38 Å². The number of imidazole rings is 1. The molecule has 0 unspecified atom stereocenters. The summed E-state index contributed by atoms with van der Waals surface area (Å²) in [6.45, 7) is 2.03. The zero-order valence-electron chi connectivity index (χ0n) is 10.7. The van der Waals surface area contributed by atoms with E-state index in [0.717, 1.165) is 28.2 Å². The van der Waals surface area contributed by atoms with Gasteiger partial charge in [0.2, 0.25) is 0 Å². The van der Waals surface area contributed by atoms with Crippen molar-refractivity contribution < 1.29 is 0 Å². The molecule has 0 atom stereocenters. The minimum atomic E-state index is 0.360. The van der Waals surface area contributed by atoms with E-state index in [9.17, 15) is 0 Å². The van der Waals surface area contributed by atoms with E-state index < -0.39 is 0 Å². The van der Waals surface area contributed by atoms with Crippen LogP contribution in [0.2, 0.25) is 10.0 Å². The number of aromatic nitrogens is 2. The van der Waals surface area contributed by atoms with Crippen LogP contribution in [0.4, 0.5) is 0 Å². The van der Waals surface area contributed by atoms with E-state index in [-0.39, 0.29) is 0 Å². The molecule has 102 valence electrons. The summed E-state index contributed by atoms with van der Waals surface area (Å²) in [4.78, 5) is 4.66. The molecule has 0 radical (unpaired) electrons. The minimum absolute atomic E-state index is 0.360. The van der Waals surface area contributed by atoms with Gasteiger partial charge < -0.3 is 4.40 Å². The lowest BCUT2D eigenvalue weighted by atomic mass is 10.1. The molecule has 2 nitrogen and oxygen atoms in total. The summed E-state index contributed by atoms with van der Waals surface area (Å²) >= 11 is 18.3. The monoisotopic (exact) mass is 324 g/mol. The highest BCUT2D eigenvalue weighted by Crippen LogP contribution is 2.33. The summed E-state index contributed by atoms with van der Waals surface area (Å²) in [5.41, 5.74) is 4.57. The van der Waals surface area contributed by atoms with Crippen molar-refractivity contribution in [2.75, 3.05) is 0 Å². The topological polar surface area (TPSA) is 17.3 Å². The number of alkyl halides is 1. The molecule has 1 aromatic carbocycles. The fraction of sp³-hybridized carbons (Fsp3) is 0.133. The average molecular weight is 326 g/mol. The molecule has 0 amide bonds. The number of hydrogen-bond donors (Lipinski definition) is 0. The van der Waals surface area contributed by atoms with Crippen molar-refractivity contribution in [2.45, 2.75) is 12.8 Å². The van der Waals surface area contributed by atoms with E-state index >= 15 is 0 Å².